The highest BCUT2D eigenvalue weighted by Gasteiger charge is 2.35. The van der Waals surface area contributed by atoms with E-state index in [2.05, 4.69) is 9.97 Å². The molecule has 1 heterocycles. The minimum atomic E-state index is -4.48. The maximum atomic E-state index is 13.1. The maximum Gasteiger partial charge on any atom is 0.417 e. The van der Waals surface area contributed by atoms with Crippen LogP contribution in [0.3, 0.4) is 0 Å². The minimum absolute atomic E-state index is 0.0458. The lowest BCUT2D eigenvalue weighted by atomic mass is 10.0. The molecule has 1 N–H and O–H groups in total. The molecule has 1 saturated carbocycles. The van der Waals surface area contributed by atoms with Crippen molar-refractivity contribution in [3.8, 4) is 11.3 Å². The lowest BCUT2D eigenvalue weighted by Gasteiger charge is -2.14. The van der Waals surface area contributed by atoms with Crippen molar-refractivity contribution in [3.05, 3.63) is 51.6 Å². The van der Waals surface area contributed by atoms with E-state index in [0.29, 0.717) is 5.82 Å². The fourth-order valence-corrected chi connectivity index (χ4v) is 2.30. The number of hydrogen-bond donors (Lipinski definition) is 1. The zero-order valence-electron chi connectivity index (χ0n) is 11.3. The molecule has 0 unspecified atom stereocenters. The van der Waals surface area contributed by atoms with E-state index in [1.807, 2.05) is 0 Å². The highest BCUT2D eigenvalue weighted by atomic mass is 19.4. The molecule has 0 radical (unpaired) electrons. The average molecular weight is 294 g/mol. The van der Waals surface area contributed by atoms with Crippen LogP contribution < -0.4 is 5.56 Å². The Kier molecular flexibility index (Phi) is 3.11. The number of alkyl halides is 3. The van der Waals surface area contributed by atoms with E-state index in [4.69, 9.17) is 0 Å². The second kappa shape index (κ2) is 4.72. The van der Waals surface area contributed by atoms with E-state index >= 15 is 0 Å². The number of nitrogens with one attached hydrogen (secondary N) is 1. The molecule has 1 aromatic carbocycles. The summed E-state index contributed by atoms with van der Waals surface area (Å²) in [4.78, 5) is 18.9. The number of benzene rings is 1. The van der Waals surface area contributed by atoms with Crippen molar-refractivity contribution in [3.63, 3.8) is 0 Å². The number of nitrogens with zero attached hydrogens (tertiary/aromatic N) is 1. The molecule has 1 aliphatic rings. The molecule has 110 valence electrons. The van der Waals surface area contributed by atoms with Gasteiger partial charge in [0.2, 0.25) is 0 Å². The Labute approximate surface area is 118 Å². The Morgan fingerprint density at radius 3 is 2.52 bits per heavy atom. The molecule has 1 fully saturated rings. The first kappa shape index (κ1) is 13.9. The van der Waals surface area contributed by atoms with Crippen molar-refractivity contribution in [2.45, 2.75) is 31.9 Å². The zero-order valence-corrected chi connectivity index (χ0v) is 11.3. The van der Waals surface area contributed by atoms with Crippen LogP contribution in [0.2, 0.25) is 0 Å². The second-order valence-corrected chi connectivity index (χ2v) is 5.24. The van der Waals surface area contributed by atoms with E-state index in [1.165, 1.54) is 25.1 Å². The largest absolute Gasteiger partial charge is 0.417 e. The first-order chi connectivity index (χ1) is 9.88. The van der Waals surface area contributed by atoms with Gasteiger partial charge in [0.25, 0.3) is 5.56 Å². The molecule has 0 aliphatic heterocycles. The van der Waals surface area contributed by atoms with Gasteiger partial charge >= 0.3 is 6.18 Å². The topological polar surface area (TPSA) is 45.8 Å². The summed E-state index contributed by atoms with van der Waals surface area (Å²) in [5, 5.41) is 0. The predicted molar refractivity (Wildman–Crippen MR) is 72.0 cm³/mol. The molecule has 3 nitrogen and oxygen atoms in total. The fraction of sp³-hybridized carbons (Fsp3) is 0.333. The van der Waals surface area contributed by atoms with Crippen molar-refractivity contribution >= 4 is 0 Å². The van der Waals surface area contributed by atoms with Crippen molar-refractivity contribution in [2.24, 2.45) is 0 Å². The molecule has 0 amide bonds. The molecule has 0 atom stereocenters. The van der Waals surface area contributed by atoms with Crippen LogP contribution in [-0.2, 0) is 6.18 Å². The van der Waals surface area contributed by atoms with Gasteiger partial charge < -0.3 is 4.98 Å². The number of aromatic amines is 1. The molecule has 3 rings (SSSR count). The van der Waals surface area contributed by atoms with E-state index in [9.17, 15) is 18.0 Å². The molecule has 0 saturated heterocycles. The highest BCUT2D eigenvalue weighted by Crippen LogP contribution is 2.40. The molecule has 0 bridgehead atoms. The average Bonchev–Trinajstić information content (AvgIpc) is 3.25. The van der Waals surface area contributed by atoms with Crippen LogP contribution in [0, 0.1) is 6.92 Å². The number of halogens is 3. The molecular weight excluding hydrogens is 281 g/mol. The van der Waals surface area contributed by atoms with Crippen LogP contribution in [0.4, 0.5) is 13.2 Å². The SMILES string of the molecule is Cc1c(-c2ccccc2C(F)(F)F)nc(C2CC2)[nH]c1=O. The Morgan fingerprint density at radius 2 is 1.90 bits per heavy atom. The van der Waals surface area contributed by atoms with Crippen LogP contribution in [0.15, 0.2) is 29.1 Å². The van der Waals surface area contributed by atoms with Crippen LogP contribution in [-0.4, -0.2) is 9.97 Å². The van der Waals surface area contributed by atoms with Crippen molar-refractivity contribution < 1.29 is 13.2 Å². The maximum absolute atomic E-state index is 13.1. The Balaban J connectivity index is 2.23. The van der Waals surface area contributed by atoms with E-state index in [-0.39, 0.29) is 28.3 Å². The van der Waals surface area contributed by atoms with Gasteiger partial charge in [-0.2, -0.15) is 13.2 Å². The standard InChI is InChI=1S/C15H13F3N2O/c1-8-12(19-13(9-6-7-9)20-14(8)21)10-4-2-3-5-11(10)15(16,17)18/h2-5,9H,6-7H2,1H3,(H,19,20,21). The molecule has 1 aromatic heterocycles. The van der Waals surface area contributed by atoms with Crippen molar-refractivity contribution in [2.75, 3.05) is 0 Å². The zero-order chi connectivity index (χ0) is 15.2. The molecule has 0 spiro atoms. The molecule has 1 aliphatic carbocycles. The Hall–Kier alpha value is -2.11. The third-order valence-electron chi connectivity index (χ3n) is 3.62. The summed E-state index contributed by atoms with van der Waals surface area (Å²) in [5.41, 5.74) is -0.869. The van der Waals surface area contributed by atoms with Crippen LogP contribution in [0.5, 0.6) is 0 Å². The van der Waals surface area contributed by atoms with Gasteiger partial charge in [-0.15, -0.1) is 0 Å². The van der Waals surface area contributed by atoms with Gasteiger partial charge in [-0.3, -0.25) is 4.79 Å². The van der Waals surface area contributed by atoms with E-state index < -0.39 is 11.7 Å². The smallest absolute Gasteiger partial charge is 0.310 e. The summed E-state index contributed by atoms with van der Waals surface area (Å²) in [6.07, 6.45) is -2.66. The lowest BCUT2D eigenvalue weighted by Crippen LogP contribution is -2.17. The summed E-state index contributed by atoms with van der Waals surface area (Å²) in [6, 6.07) is 5.21. The minimum Gasteiger partial charge on any atom is -0.310 e. The van der Waals surface area contributed by atoms with Gasteiger partial charge in [0.1, 0.15) is 5.82 Å². The monoisotopic (exact) mass is 294 g/mol. The third-order valence-corrected chi connectivity index (χ3v) is 3.62. The van der Waals surface area contributed by atoms with Crippen molar-refractivity contribution in [1.29, 1.82) is 0 Å². The summed E-state index contributed by atoms with van der Waals surface area (Å²) in [6.45, 7) is 1.49. The van der Waals surface area contributed by atoms with Gasteiger partial charge in [-0.05, 0) is 25.8 Å². The Bertz CT molecular complexity index is 745. The van der Waals surface area contributed by atoms with Crippen molar-refractivity contribution in [1.82, 2.24) is 9.97 Å². The van der Waals surface area contributed by atoms with Gasteiger partial charge in [0, 0.05) is 17.0 Å². The van der Waals surface area contributed by atoms with Crippen LogP contribution in [0.1, 0.15) is 35.7 Å². The molecule has 2 aromatic rings. The first-order valence-corrected chi connectivity index (χ1v) is 6.65. The summed E-state index contributed by atoms with van der Waals surface area (Å²) >= 11 is 0. The summed E-state index contributed by atoms with van der Waals surface area (Å²) in [7, 11) is 0. The van der Waals surface area contributed by atoms with Gasteiger partial charge in [-0.25, -0.2) is 4.98 Å². The van der Waals surface area contributed by atoms with Gasteiger partial charge in [0.15, 0.2) is 0 Å². The van der Waals surface area contributed by atoms with Crippen LogP contribution >= 0.6 is 0 Å². The van der Waals surface area contributed by atoms with E-state index in [0.717, 1.165) is 18.9 Å². The second-order valence-electron chi connectivity index (χ2n) is 5.24. The van der Waals surface area contributed by atoms with Crippen LogP contribution in [0.25, 0.3) is 11.3 Å². The highest BCUT2D eigenvalue weighted by molar-refractivity contribution is 5.67. The number of rotatable bonds is 2. The number of aromatic nitrogens is 2. The quantitative estimate of drug-likeness (QED) is 0.919. The fourth-order valence-electron chi connectivity index (χ4n) is 2.30. The van der Waals surface area contributed by atoms with Gasteiger partial charge in [0.05, 0.1) is 11.3 Å². The Morgan fingerprint density at radius 1 is 1.24 bits per heavy atom. The first-order valence-electron chi connectivity index (χ1n) is 6.65. The number of H-pyrrole nitrogens is 1. The molecule has 21 heavy (non-hydrogen) atoms. The summed E-state index contributed by atoms with van der Waals surface area (Å²) in [5.74, 6) is 0.646. The predicted octanol–water partition coefficient (Wildman–Crippen LogP) is 3.64. The number of hydrogen-bond acceptors (Lipinski definition) is 2. The normalized spacial score (nSPS) is 15.2. The summed E-state index contributed by atoms with van der Waals surface area (Å²) < 4.78 is 39.4. The van der Waals surface area contributed by atoms with Gasteiger partial charge in [-0.1, -0.05) is 18.2 Å². The molecule has 6 heteroatoms. The van der Waals surface area contributed by atoms with E-state index in [1.54, 1.807) is 0 Å². The molecular formula is C15H13F3N2O. The lowest BCUT2D eigenvalue weighted by molar-refractivity contribution is -0.137. The third kappa shape index (κ3) is 2.57.